The summed E-state index contributed by atoms with van der Waals surface area (Å²) in [6.45, 7) is 5.60. The van der Waals surface area contributed by atoms with E-state index in [1.54, 1.807) is 23.2 Å². The van der Waals surface area contributed by atoms with Gasteiger partial charge in [-0.3, -0.25) is 9.69 Å². The van der Waals surface area contributed by atoms with E-state index in [9.17, 15) is 4.79 Å². The number of aromatic nitrogens is 1. The van der Waals surface area contributed by atoms with Crippen molar-refractivity contribution in [2.24, 2.45) is 0 Å². The van der Waals surface area contributed by atoms with Crippen molar-refractivity contribution in [1.29, 1.82) is 0 Å². The molecule has 0 atom stereocenters. The predicted octanol–water partition coefficient (Wildman–Crippen LogP) is 3.52. The highest BCUT2D eigenvalue weighted by Gasteiger charge is 2.13. The van der Waals surface area contributed by atoms with Crippen molar-refractivity contribution >= 4 is 45.3 Å². The van der Waals surface area contributed by atoms with Crippen molar-refractivity contribution in [3.8, 4) is 0 Å². The van der Waals surface area contributed by atoms with E-state index in [2.05, 4.69) is 10.3 Å². The number of anilines is 1. The van der Waals surface area contributed by atoms with Crippen molar-refractivity contribution in [3.63, 3.8) is 0 Å². The van der Waals surface area contributed by atoms with E-state index in [0.717, 1.165) is 21.7 Å². The first-order valence-corrected chi connectivity index (χ1v) is 8.35. The van der Waals surface area contributed by atoms with Gasteiger partial charge >= 0.3 is 0 Å². The summed E-state index contributed by atoms with van der Waals surface area (Å²) in [5.74, 6) is 0.0228. The maximum atomic E-state index is 11.5. The molecule has 0 saturated carbocycles. The Morgan fingerprint density at radius 3 is 2.85 bits per heavy atom. The maximum absolute atomic E-state index is 11.5. The molecule has 0 aromatic carbocycles. The van der Waals surface area contributed by atoms with Gasteiger partial charge in [-0.1, -0.05) is 11.6 Å². The zero-order valence-corrected chi connectivity index (χ0v) is 13.7. The largest absolute Gasteiger partial charge is 0.306 e. The van der Waals surface area contributed by atoms with Gasteiger partial charge in [0.05, 0.1) is 10.0 Å². The number of thiophene rings is 1. The second-order valence-electron chi connectivity index (χ2n) is 4.19. The second-order valence-corrected chi connectivity index (χ2v) is 6.83. The highest BCUT2D eigenvalue weighted by Crippen LogP contribution is 2.22. The molecule has 2 aromatic rings. The molecule has 0 aliphatic rings. The summed E-state index contributed by atoms with van der Waals surface area (Å²) in [4.78, 5) is 18.8. The summed E-state index contributed by atoms with van der Waals surface area (Å²) in [7, 11) is 0. The van der Waals surface area contributed by atoms with Crippen LogP contribution in [0.25, 0.3) is 0 Å². The highest BCUT2D eigenvalue weighted by molar-refractivity contribution is 7.16. The van der Waals surface area contributed by atoms with Crippen LogP contribution in [-0.4, -0.2) is 17.4 Å². The van der Waals surface area contributed by atoms with E-state index in [0.29, 0.717) is 13.1 Å². The summed E-state index contributed by atoms with van der Waals surface area (Å²) in [5.41, 5.74) is 0.951. The van der Waals surface area contributed by atoms with Crippen LogP contribution < -0.4 is 10.2 Å². The first-order chi connectivity index (χ1) is 9.60. The molecule has 0 fully saturated rings. The SMILES string of the molecule is CCN(C(C)=O)c1nc(CNCc2ccc(Cl)s2)cs1. The Morgan fingerprint density at radius 2 is 2.25 bits per heavy atom. The van der Waals surface area contributed by atoms with Crippen LogP contribution in [-0.2, 0) is 17.9 Å². The van der Waals surface area contributed by atoms with Gasteiger partial charge in [0.2, 0.25) is 5.91 Å². The lowest BCUT2D eigenvalue weighted by atomic mass is 10.4. The fourth-order valence-corrected chi connectivity index (χ4v) is 3.74. The first kappa shape index (κ1) is 15.4. The molecule has 0 aliphatic heterocycles. The third-order valence-corrected chi connectivity index (χ3v) is 4.84. The van der Waals surface area contributed by atoms with E-state index in [-0.39, 0.29) is 5.91 Å². The van der Waals surface area contributed by atoms with Crippen LogP contribution in [0.4, 0.5) is 5.13 Å². The average molecular weight is 330 g/mol. The van der Waals surface area contributed by atoms with Crippen molar-refractivity contribution in [2.75, 3.05) is 11.4 Å². The van der Waals surface area contributed by atoms with Crippen LogP contribution >= 0.6 is 34.3 Å². The number of nitrogens with zero attached hydrogens (tertiary/aromatic N) is 2. The van der Waals surface area contributed by atoms with Gasteiger partial charge < -0.3 is 5.32 Å². The molecule has 0 saturated heterocycles. The molecule has 0 bridgehead atoms. The molecule has 4 nitrogen and oxygen atoms in total. The molecule has 0 radical (unpaired) electrons. The number of rotatable bonds is 6. The van der Waals surface area contributed by atoms with Crippen LogP contribution in [0.1, 0.15) is 24.4 Å². The van der Waals surface area contributed by atoms with E-state index in [1.165, 1.54) is 16.2 Å². The molecule has 7 heteroatoms. The highest BCUT2D eigenvalue weighted by atomic mass is 35.5. The number of halogens is 1. The monoisotopic (exact) mass is 329 g/mol. The van der Waals surface area contributed by atoms with Gasteiger partial charge in [-0.15, -0.1) is 22.7 Å². The van der Waals surface area contributed by atoms with Crippen LogP contribution in [0.2, 0.25) is 4.34 Å². The minimum absolute atomic E-state index is 0.0228. The van der Waals surface area contributed by atoms with Crippen molar-refractivity contribution < 1.29 is 4.79 Å². The number of hydrogen-bond donors (Lipinski definition) is 1. The van der Waals surface area contributed by atoms with Gasteiger partial charge in [0, 0.05) is 36.8 Å². The first-order valence-electron chi connectivity index (χ1n) is 6.27. The molecule has 0 aliphatic carbocycles. The molecule has 0 spiro atoms. The third-order valence-electron chi connectivity index (χ3n) is 2.70. The van der Waals surface area contributed by atoms with Crippen LogP contribution in [0.15, 0.2) is 17.5 Å². The zero-order valence-electron chi connectivity index (χ0n) is 11.4. The summed E-state index contributed by atoms with van der Waals surface area (Å²) >= 11 is 8.95. The van der Waals surface area contributed by atoms with E-state index < -0.39 is 0 Å². The van der Waals surface area contributed by atoms with Crippen LogP contribution in [0.5, 0.6) is 0 Å². The molecule has 2 aromatic heterocycles. The molecule has 0 unspecified atom stereocenters. The molecule has 2 heterocycles. The summed E-state index contributed by atoms with van der Waals surface area (Å²) in [6.07, 6.45) is 0. The molecule has 1 N–H and O–H groups in total. The molecule has 20 heavy (non-hydrogen) atoms. The van der Waals surface area contributed by atoms with Crippen molar-refractivity contribution in [2.45, 2.75) is 26.9 Å². The smallest absolute Gasteiger partial charge is 0.225 e. The summed E-state index contributed by atoms with van der Waals surface area (Å²) in [6, 6.07) is 3.91. The van der Waals surface area contributed by atoms with E-state index >= 15 is 0 Å². The topological polar surface area (TPSA) is 45.2 Å². The molecule has 2 rings (SSSR count). The Labute approximate surface area is 131 Å². The van der Waals surface area contributed by atoms with E-state index in [4.69, 9.17) is 11.6 Å². The van der Waals surface area contributed by atoms with Gasteiger partial charge in [0.25, 0.3) is 0 Å². The Hall–Kier alpha value is -0.950. The second kappa shape index (κ2) is 7.17. The summed E-state index contributed by atoms with van der Waals surface area (Å²) < 4.78 is 0.804. The zero-order chi connectivity index (χ0) is 14.5. The number of carbonyl (C=O) groups excluding carboxylic acids is 1. The number of nitrogens with one attached hydrogen (secondary N) is 1. The fraction of sp³-hybridized carbons (Fsp3) is 0.385. The standard InChI is InChI=1S/C13H16ClN3OS2/c1-3-17(9(2)18)13-16-10(8-19-13)6-15-7-11-4-5-12(14)20-11/h4-5,8,15H,3,6-7H2,1-2H3. The maximum Gasteiger partial charge on any atom is 0.225 e. The van der Waals surface area contributed by atoms with Gasteiger partial charge in [0.1, 0.15) is 0 Å². The lowest BCUT2D eigenvalue weighted by molar-refractivity contribution is -0.116. The number of amides is 1. The number of thiazole rings is 1. The normalized spacial score (nSPS) is 10.8. The van der Waals surface area contributed by atoms with Crippen molar-refractivity contribution in [3.05, 3.63) is 32.4 Å². The minimum atomic E-state index is 0.0228. The number of hydrogen-bond acceptors (Lipinski definition) is 5. The molecular formula is C13H16ClN3OS2. The van der Waals surface area contributed by atoms with Crippen LogP contribution in [0, 0.1) is 0 Å². The van der Waals surface area contributed by atoms with Crippen LogP contribution in [0.3, 0.4) is 0 Å². The summed E-state index contributed by atoms with van der Waals surface area (Å²) in [5, 5.41) is 6.06. The Balaban J connectivity index is 1.88. The number of carbonyl (C=O) groups is 1. The Morgan fingerprint density at radius 1 is 1.45 bits per heavy atom. The van der Waals surface area contributed by atoms with Gasteiger partial charge in [-0.25, -0.2) is 4.98 Å². The van der Waals surface area contributed by atoms with E-state index in [1.807, 2.05) is 24.4 Å². The predicted molar refractivity (Wildman–Crippen MR) is 85.7 cm³/mol. The van der Waals surface area contributed by atoms with Gasteiger partial charge in [0.15, 0.2) is 5.13 Å². The molecule has 108 valence electrons. The van der Waals surface area contributed by atoms with Crippen molar-refractivity contribution in [1.82, 2.24) is 10.3 Å². The van der Waals surface area contributed by atoms with Gasteiger partial charge in [-0.05, 0) is 19.1 Å². The minimum Gasteiger partial charge on any atom is -0.306 e. The molecule has 1 amide bonds. The molecular weight excluding hydrogens is 314 g/mol. The van der Waals surface area contributed by atoms with Gasteiger partial charge in [-0.2, -0.15) is 0 Å². The average Bonchev–Trinajstić information content (AvgIpc) is 3.00. The third kappa shape index (κ3) is 4.02. The lowest BCUT2D eigenvalue weighted by Gasteiger charge is -2.14. The fourth-order valence-electron chi connectivity index (χ4n) is 1.75. The lowest BCUT2D eigenvalue weighted by Crippen LogP contribution is -2.27. The Bertz CT molecular complexity index is 582. The quantitative estimate of drug-likeness (QED) is 0.882. The Kier molecular flexibility index (Phi) is 5.54.